The van der Waals surface area contributed by atoms with Crippen LogP contribution in [-0.4, -0.2) is 13.3 Å². The molecule has 0 N–H and O–H groups in total. The molecule has 6 heteroatoms. The Kier molecular flexibility index (Phi) is 9.84. The molecule has 4 nitrogen and oxygen atoms in total. The molecule has 0 bridgehead atoms. The highest BCUT2D eigenvalue weighted by Crippen LogP contribution is 2.53. The molecule has 0 fully saturated rings. The van der Waals surface area contributed by atoms with Gasteiger partial charge in [0.05, 0.1) is 30.8 Å². The van der Waals surface area contributed by atoms with Gasteiger partial charge in [-0.1, -0.05) is 169 Å². The number of thioether (sulfide) groups is 1. The number of fused-ring (bicyclic) bond motifs is 6. The fraction of sp³-hybridized carbons (Fsp3) is 0.161. The smallest absolute Gasteiger partial charge is 0.159 e. The van der Waals surface area contributed by atoms with E-state index in [1.165, 1.54) is 42.6 Å². The number of hydrogen-bond acceptors (Lipinski definition) is 5. The highest BCUT2D eigenvalue weighted by atomic mass is 32.2. The van der Waals surface area contributed by atoms with Crippen molar-refractivity contribution in [1.82, 2.24) is 0 Å². The van der Waals surface area contributed by atoms with Gasteiger partial charge in [0.2, 0.25) is 0 Å². The predicted molar refractivity (Wildman–Crippen MR) is 297 cm³/mol. The Hall–Kier alpha value is -6.99. The predicted octanol–water partition coefficient (Wildman–Crippen LogP) is 18.7. The summed E-state index contributed by atoms with van der Waals surface area (Å²) in [5.74, 6) is 0. The second-order valence-corrected chi connectivity index (χ2v) is 27.4. The quantitative estimate of drug-likeness (QED) is 0.0818. The molecule has 334 valence electrons. The molecule has 2 aromatic heterocycles. The number of furan rings is 2. The van der Waals surface area contributed by atoms with Gasteiger partial charge in [0.1, 0.15) is 11.2 Å². The third-order valence-corrected chi connectivity index (χ3v) is 16.8. The summed E-state index contributed by atoms with van der Waals surface area (Å²) in [6, 6.07) is 65.1. The summed E-state index contributed by atoms with van der Waals surface area (Å²) in [6.45, 7) is 18.7. The van der Waals surface area contributed by atoms with Gasteiger partial charge in [-0.05, 0) is 93.9 Å². The summed E-state index contributed by atoms with van der Waals surface area (Å²) in [6.07, 6.45) is 0. The molecule has 0 unspecified atom stereocenters. The molecule has 12 aromatic rings. The molecule has 12 rings (SSSR count). The van der Waals surface area contributed by atoms with Crippen LogP contribution in [0.25, 0.3) is 76.2 Å². The maximum atomic E-state index is 6.93. The Morgan fingerprint density at radius 2 is 0.926 bits per heavy atom. The number of hydrogen-bond donors (Lipinski definition) is 0. The van der Waals surface area contributed by atoms with E-state index in [0.717, 1.165) is 83.4 Å². The first kappa shape index (κ1) is 42.4. The Morgan fingerprint density at radius 3 is 1.40 bits per heavy atom. The SMILES string of the molecule is CC(C)Sc1ccc(N(c2cc(N(c3ccc([Si](C)(C)C)cc3)c3cccc4c3oc3ccccc34)c3ccc4cc(C(C)(C)C)cc5ccc2c3c54)c2cccc3c2oc2ccccc23)cc1. The van der Waals surface area contributed by atoms with Crippen LogP contribution in [0, 0.1) is 0 Å². The molecule has 0 aliphatic heterocycles. The van der Waals surface area contributed by atoms with E-state index in [-0.39, 0.29) is 5.41 Å². The van der Waals surface area contributed by atoms with Gasteiger partial charge in [-0.2, -0.15) is 0 Å². The summed E-state index contributed by atoms with van der Waals surface area (Å²) in [5.41, 5.74) is 10.9. The van der Waals surface area contributed by atoms with Crippen LogP contribution < -0.4 is 15.0 Å². The second-order valence-electron chi connectivity index (χ2n) is 20.7. The van der Waals surface area contributed by atoms with Gasteiger partial charge in [-0.15, -0.1) is 11.8 Å². The normalized spacial score (nSPS) is 12.6. The van der Waals surface area contributed by atoms with Crippen molar-refractivity contribution in [2.24, 2.45) is 0 Å². The molecule has 0 saturated heterocycles. The molecule has 0 aliphatic carbocycles. The van der Waals surface area contributed by atoms with E-state index in [2.05, 4.69) is 240 Å². The second kappa shape index (κ2) is 15.8. The van der Waals surface area contributed by atoms with Crippen LogP contribution in [0.5, 0.6) is 0 Å². The van der Waals surface area contributed by atoms with Crippen molar-refractivity contribution in [1.29, 1.82) is 0 Å². The molecular weight excluding hydrogens is 865 g/mol. The Morgan fingerprint density at radius 1 is 0.456 bits per heavy atom. The summed E-state index contributed by atoms with van der Waals surface area (Å²) in [7, 11) is -1.62. The number of benzene rings is 10. The number of para-hydroxylation sites is 4. The van der Waals surface area contributed by atoms with Gasteiger partial charge in [0, 0.05) is 59.2 Å². The number of nitrogens with zero attached hydrogens (tertiary/aromatic N) is 2. The van der Waals surface area contributed by atoms with E-state index in [1.54, 1.807) is 0 Å². The van der Waals surface area contributed by atoms with Crippen LogP contribution in [0.3, 0.4) is 0 Å². The minimum Gasteiger partial charge on any atom is -0.454 e. The zero-order valence-corrected chi connectivity index (χ0v) is 41.8. The Bertz CT molecular complexity index is 3870. The monoisotopic (exact) mass is 918 g/mol. The minimum atomic E-state index is -1.62. The lowest BCUT2D eigenvalue weighted by Crippen LogP contribution is -2.37. The summed E-state index contributed by atoms with van der Waals surface area (Å²) < 4.78 is 13.8. The van der Waals surface area contributed by atoms with Gasteiger partial charge < -0.3 is 18.6 Å². The van der Waals surface area contributed by atoms with E-state index in [0.29, 0.717) is 5.25 Å². The first-order valence-electron chi connectivity index (χ1n) is 23.8. The topological polar surface area (TPSA) is 32.8 Å². The molecule has 68 heavy (non-hydrogen) atoms. The first-order chi connectivity index (χ1) is 32.8. The zero-order valence-electron chi connectivity index (χ0n) is 39.9. The molecule has 0 aliphatic rings. The lowest BCUT2D eigenvalue weighted by atomic mass is 9.83. The molecule has 0 atom stereocenters. The summed E-state index contributed by atoms with van der Waals surface area (Å²) >= 11 is 1.88. The highest BCUT2D eigenvalue weighted by molar-refractivity contribution is 7.99. The molecule has 10 aromatic carbocycles. The van der Waals surface area contributed by atoms with Crippen molar-refractivity contribution in [2.45, 2.75) is 69.8 Å². The van der Waals surface area contributed by atoms with Crippen LogP contribution in [0.2, 0.25) is 19.6 Å². The fourth-order valence-corrected chi connectivity index (χ4v) is 12.4. The molecule has 0 radical (unpaired) electrons. The Balaban J connectivity index is 1.23. The van der Waals surface area contributed by atoms with E-state index >= 15 is 0 Å². The lowest BCUT2D eigenvalue weighted by molar-refractivity contribution is 0.591. The van der Waals surface area contributed by atoms with Crippen molar-refractivity contribution in [2.75, 3.05) is 9.80 Å². The van der Waals surface area contributed by atoms with Gasteiger partial charge in [-0.25, -0.2) is 0 Å². The first-order valence-corrected chi connectivity index (χ1v) is 28.2. The number of rotatable bonds is 9. The average molecular weight is 919 g/mol. The fourth-order valence-electron chi connectivity index (χ4n) is 10.4. The van der Waals surface area contributed by atoms with Crippen LogP contribution >= 0.6 is 11.8 Å². The van der Waals surface area contributed by atoms with Gasteiger partial charge >= 0.3 is 0 Å². The van der Waals surface area contributed by atoms with Crippen molar-refractivity contribution < 1.29 is 8.83 Å². The van der Waals surface area contributed by atoms with E-state index in [4.69, 9.17) is 8.83 Å². The minimum absolute atomic E-state index is 0.0208. The molecule has 0 saturated carbocycles. The van der Waals surface area contributed by atoms with Crippen molar-refractivity contribution >= 4 is 135 Å². The van der Waals surface area contributed by atoms with Crippen LogP contribution in [0.15, 0.2) is 190 Å². The summed E-state index contributed by atoms with van der Waals surface area (Å²) in [4.78, 5) is 6.14. The van der Waals surface area contributed by atoms with Crippen molar-refractivity contribution in [3.05, 3.63) is 181 Å². The van der Waals surface area contributed by atoms with Crippen LogP contribution in [-0.2, 0) is 5.41 Å². The van der Waals surface area contributed by atoms with Crippen molar-refractivity contribution in [3.63, 3.8) is 0 Å². The zero-order chi connectivity index (χ0) is 46.6. The number of anilines is 6. The Labute approximate surface area is 403 Å². The summed E-state index contributed by atoms with van der Waals surface area (Å²) in [5, 5.41) is 13.5. The lowest BCUT2D eigenvalue weighted by Gasteiger charge is -2.32. The molecule has 0 spiro atoms. The van der Waals surface area contributed by atoms with E-state index < -0.39 is 8.07 Å². The van der Waals surface area contributed by atoms with Crippen molar-refractivity contribution in [3.8, 4) is 0 Å². The molecule has 2 heterocycles. The van der Waals surface area contributed by atoms with E-state index in [1.807, 2.05) is 11.8 Å². The third-order valence-electron chi connectivity index (χ3n) is 13.7. The third kappa shape index (κ3) is 6.95. The molecular formula is C62H54N2O2SSi. The maximum Gasteiger partial charge on any atom is 0.159 e. The molecule has 0 amide bonds. The average Bonchev–Trinajstić information content (AvgIpc) is 3.91. The van der Waals surface area contributed by atoms with Gasteiger partial charge in [-0.3, -0.25) is 0 Å². The maximum absolute atomic E-state index is 6.93. The highest BCUT2D eigenvalue weighted by Gasteiger charge is 2.29. The largest absolute Gasteiger partial charge is 0.454 e. The van der Waals surface area contributed by atoms with Gasteiger partial charge in [0.25, 0.3) is 0 Å². The van der Waals surface area contributed by atoms with Gasteiger partial charge in [0.15, 0.2) is 11.2 Å². The van der Waals surface area contributed by atoms with Crippen LogP contribution in [0.1, 0.15) is 40.2 Å². The van der Waals surface area contributed by atoms with Crippen LogP contribution in [0.4, 0.5) is 34.1 Å². The van der Waals surface area contributed by atoms with E-state index in [9.17, 15) is 0 Å². The standard InChI is InChI=1S/C62H54N2O2SSi/c1-38(2)67-44-29-25-42(26-30-44)63(52-19-13-17-48-46-15-9-11-21-56(46)65-60(48)52)54-37-55(51-34-24-40-36-41(62(3,4)5)35-39-23-33-50(54)59(51)58(39)40)64(43-27-31-45(32-28-43)68(6,7)8)53-20-14-18-49-47-16-10-12-22-57(47)66-61(49)53/h9-38H,1-8H3.